The quantitative estimate of drug-likeness (QED) is 0.216. The summed E-state index contributed by atoms with van der Waals surface area (Å²) in [5.41, 5.74) is 10.8. The summed E-state index contributed by atoms with van der Waals surface area (Å²) in [5.74, 6) is -3.08. The normalized spacial score (nSPS) is 12.5. The molecule has 0 fully saturated rings. The van der Waals surface area contributed by atoms with Crippen LogP contribution in [-0.4, -0.2) is 50.8 Å². The zero-order valence-corrected chi connectivity index (χ0v) is 18.2. The molecule has 0 aliphatic carbocycles. The lowest BCUT2D eigenvalue weighted by atomic mass is 10.2. The lowest BCUT2D eigenvalue weighted by Gasteiger charge is -2.15. The number of halogens is 2. The van der Waals surface area contributed by atoms with E-state index in [1.807, 2.05) is 0 Å². The van der Waals surface area contributed by atoms with E-state index >= 15 is 8.78 Å². The van der Waals surface area contributed by atoms with Gasteiger partial charge in [0.1, 0.15) is 10.5 Å². The number of rotatable bonds is 12. The molecule has 0 saturated carbocycles. The zero-order valence-electron chi connectivity index (χ0n) is 15.6. The van der Waals surface area contributed by atoms with E-state index in [0.29, 0.717) is 24.2 Å². The van der Waals surface area contributed by atoms with E-state index in [9.17, 15) is 13.0 Å². The van der Waals surface area contributed by atoms with Crippen molar-refractivity contribution in [3.8, 4) is 11.5 Å². The molecule has 0 bridgehead atoms. The first-order valence-electron chi connectivity index (χ1n) is 8.66. The summed E-state index contributed by atoms with van der Waals surface area (Å²) >= 11 is 0.387. The van der Waals surface area contributed by atoms with Gasteiger partial charge < -0.3 is 30.7 Å². The van der Waals surface area contributed by atoms with Crippen molar-refractivity contribution in [2.75, 3.05) is 32.6 Å². The van der Waals surface area contributed by atoms with Gasteiger partial charge in [0.25, 0.3) is 10.0 Å². The van der Waals surface area contributed by atoms with Gasteiger partial charge in [0.05, 0.1) is 17.9 Å². The summed E-state index contributed by atoms with van der Waals surface area (Å²) in [5, 5.41) is -0.372. The summed E-state index contributed by atoms with van der Waals surface area (Å²) in [6.07, 6.45) is -0.440. The van der Waals surface area contributed by atoms with Crippen LogP contribution in [-0.2, 0) is 14.6 Å². The van der Waals surface area contributed by atoms with E-state index in [0.717, 1.165) is 6.07 Å². The number of benzene rings is 1. The first-order valence-corrected chi connectivity index (χ1v) is 12.8. The maximum Gasteiger partial charge on any atom is 0.340 e. The van der Waals surface area contributed by atoms with Crippen molar-refractivity contribution in [2.45, 2.75) is 17.1 Å². The molecule has 0 aliphatic heterocycles. The second-order valence-corrected chi connectivity index (χ2v) is 10.7. The fourth-order valence-corrected chi connectivity index (χ4v) is 5.72. The number of hydrogen-bond acceptors (Lipinski definition) is 8. The van der Waals surface area contributed by atoms with E-state index < -0.39 is 51.2 Å². The van der Waals surface area contributed by atoms with Crippen LogP contribution < -0.4 is 25.7 Å². The molecule has 0 atom stereocenters. The van der Waals surface area contributed by atoms with Gasteiger partial charge in [0.15, 0.2) is 11.6 Å². The number of hydrogen-bond donors (Lipinski definition) is 5. The van der Waals surface area contributed by atoms with Gasteiger partial charge in [-0.2, -0.15) is 4.72 Å². The third kappa shape index (κ3) is 6.08. The third-order valence-corrected chi connectivity index (χ3v) is 7.45. The van der Waals surface area contributed by atoms with Gasteiger partial charge in [0, 0.05) is 5.39 Å². The van der Waals surface area contributed by atoms with Crippen molar-refractivity contribution in [3.63, 3.8) is 0 Å². The highest BCUT2D eigenvalue weighted by molar-refractivity contribution is 7.92. The number of fused-ring (bicyclic) bond motifs is 1. The highest BCUT2D eigenvalue weighted by Gasteiger charge is 2.29. The van der Waals surface area contributed by atoms with Crippen molar-refractivity contribution in [1.29, 1.82) is 0 Å². The van der Waals surface area contributed by atoms with E-state index in [2.05, 4.69) is 0 Å². The highest BCUT2D eigenvalue weighted by Crippen LogP contribution is 2.44. The Morgan fingerprint density at radius 1 is 1.07 bits per heavy atom. The largest absolute Gasteiger partial charge is 0.487 e. The fourth-order valence-electron chi connectivity index (χ4n) is 2.26. The second-order valence-electron chi connectivity index (χ2n) is 6.05. The van der Waals surface area contributed by atoms with Crippen LogP contribution in [0.25, 0.3) is 10.1 Å². The maximum absolute atomic E-state index is 15.1. The van der Waals surface area contributed by atoms with Crippen molar-refractivity contribution in [1.82, 2.24) is 4.72 Å². The van der Waals surface area contributed by atoms with Gasteiger partial charge in [-0.3, -0.25) is 4.57 Å². The van der Waals surface area contributed by atoms with Crippen LogP contribution in [0.1, 0.15) is 12.8 Å². The Balaban J connectivity index is 2.53. The predicted octanol–water partition coefficient (Wildman–Crippen LogP) is 1.05. The Morgan fingerprint density at radius 2 is 1.60 bits per heavy atom. The molecule has 0 radical (unpaired) electrons. The van der Waals surface area contributed by atoms with Crippen LogP contribution in [0.5, 0.6) is 11.5 Å². The standard InChI is InChI=1S/C15H22F2N3O7PS2/c16-11-9-7-10(30(24,25)20-8-28(21,22)23)29-15(9)12(17)14(27-6-2-4-19)13(11)26-5-1-3-18/h7,20H,1-6,8,18-19H2,(H2,21,22,23). The molecule has 0 unspecified atom stereocenters. The van der Waals surface area contributed by atoms with Crippen LogP contribution in [0.15, 0.2) is 10.3 Å². The van der Waals surface area contributed by atoms with E-state index in [1.54, 1.807) is 4.72 Å². The molecule has 1 heterocycles. The molecule has 2 aromatic rings. The first kappa shape index (κ1) is 24.9. The van der Waals surface area contributed by atoms with E-state index in [4.69, 9.17) is 30.7 Å². The predicted molar refractivity (Wildman–Crippen MR) is 107 cm³/mol. The second kappa shape index (κ2) is 10.3. The van der Waals surface area contributed by atoms with E-state index in [1.165, 1.54) is 0 Å². The third-order valence-electron chi connectivity index (χ3n) is 3.67. The molecule has 0 amide bonds. The summed E-state index contributed by atoms with van der Waals surface area (Å²) in [6.45, 7) is 0.459. The van der Waals surface area contributed by atoms with Crippen molar-refractivity contribution in [2.24, 2.45) is 11.5 Å². The number of sulfonamides is 1. The minimum Gasteiger partial charge on any atom is -0.487 e. The highest BCUT2D eigenvalue weighted by atomic mass is 32.2. The maximum atomic E-state index is 15.1. The van der Waals surface area contributed by atoms with Crippen molar-refractivity contribution in [3.05, 3.63) is 17.7 Å². The van der Waals surface area contributed by atoms with Crippen LogP contribution >= 0.6 is 18.9 Å². The van der Waals surface area contributed by atoms with E-state index in [-0.39, 0.29) is 36.4 Å². The lowest BCUT2D eigenvalue weighted by molar-refractivity contribution is 0.247. The molecule has 7 N–H and O–H groups in total. The Kier molecular flexibility index (Phi) is 8.53. The Hall–Kier alpha value is -1.38. The van der Waals surface area contributed by atoms with Gasteiger partial charge >= 0.3 is 7.60 Å². The van der Waals surface area contributed by atoms with Gasteiger partial charge in [0.2, 0.25) is 11.5 Å². The smallest absolute Gasteiger partial charge is 0.340 e. The van der Waals surface area contributed by atoms with Crippen molar-refractivity contribution >= 4 is 39.0 Å². The van der Waals surface area contributed by atoms with Crippen molar-refractivity contribution < 1.29 is 41.0 Å². The Labute approximate surface area is 175 Å². The molecule has 0 spiro atoms. The summed E-state index contributed by atoms with van der Waals surface area (Å²) < 4.78 is 77.1. The van der Waals surface area contributed by atoms with Gasteiger partial charge in [-0.05, 0) is 32.0 Å². The topological polar surface area (TPSA) is 174 Å². The molecule has 1 aromatic carbocycles. The molecule has 2 rings (SSSR count). The number of thiophene rings is 1. The van der Waals surface area contributed by atoms with Gasteiger partial charge in [-0.15, -0.1) is 11.3 Å². The molecule has 30 heavy (non-hydrogen) atoms. The average Bonchev–Trinajstić information content (AvgIpc) is 3.13. The molecular formula is C15H22F2N3O7PS2. The molecule has 170 valence electrons. The first-order chi connectivity index (χ1) is 14.0. The average molecular weight is 489 g/mol. The minimum absolute atomic E-state index is 0.0218. The SMILES string of the molecule is NCCCOc1c(OCCCN)c(F)c2sc(S(=O)(=O)NCP(=O)(O)O)cc2c1F. The van der Waals surface area contributed by atoms with Crippen LogP contribution in [0.3, 0.4) is 0 Å². The molecular weight excluding hydrogens is 467 g/mol. The summed E-state index contributed by atoms with van der Waals surface area (Å²) in [4.78, 5) is 17.7. The monoisotopic (exact) mass is 489 g/mol. The summed E-state index contributed by atoms with van der Waals surface area (Å²) in [6, 6.07) is 0.861. The number of nitrogens with one attached hydrogen (secondary N) is 1. The Morgan fingerprint density at radius 3 is 2.10 bits per heavy atom. The zero-order chi connectivity index (χ0) is 22.5. The molecule has 0 saturated heterocycles. The number of nitrogens with two attached hydrogens (primary N) is 2. The Bertz CT molecular complexity index is 990. The number of ether oxygens (including phenoxy) is 2. The van der Waals surface area contributed by atoms with Crippen LogP contribution in [0.4, 0.5) is 8.78 Å². The molecule has 0 aliphatic rings. The minimum atomic E-state index is -4.68. The molecule has 10 nitrogen and oxygen atoms in total. The fraction of sp³-hybridized carbons (Fsp3) is 0.467. The lowest BCUT2D eigenvalue weighted by Crippen LogP contribution is -2.23. The summed E-state index contributed by atoms with van der Waals surface area (Å²) in [7, 11) is -9.11. The molecule has 15 heteroatoms. The molecule has 1 aromatic heterocycles. The van der Waals surface area contributed by atoms with Crippen LogP contribution in [0, 0.1) is 11.6 Å². The van der Waals surface area contributed by atoms with Crippen LogP contribution in [0.2, 0.25) is 0 Å². The van der Waals surface area contributed by atoms with Gasteiger partial charge in [-0.25, -0.2) is 17.2 Å². The van der Waals surface area contributed by atoms with Gasteiger partial charge in [-0.1, -0.05) is 0 Å².